The average Bonchev–Trinajstić information content (AvgIpc) is 3.17. The van der Waals surface area contributed by atoms with Crippen molar-refractivity contribution in [3.05, 3.63) is 30.1 Å². The maximum atomic E-state index is 12.3. The molecule has 0 spiro atoms. The lowest BCUT2D eigenvalue weighted by atomic mass is 10.1. The fraction of sp³-hybridized carbons (Fsp3) is 0.550. The zero-order valence-electron chi connectivity index (χ0n) is 16.4. The third-order valence-electron chi connectivity index (χ3n) is 5.63. The molecular weight excluding hydrogens is 342 g/mol. The smallest absolute Gasteiger partial charge is 0.221 e. The number of hydrogen-bond donors (Lipinski definition) is 2. The van der Waals surface area contributed by atoms with E-state index in [0.717, 1.165) is 29.7 Å². The predicted octanol–water partition coefficient (Wildman–Crippen LogP) is 1.45. The Bertz CT molecular complexity index is 816. The molecule has 2 amide bonds. The number of nitrogens with zero attached hydrogens (tertiary/aromatic N) is 3. The van der Waals surface area contributed by atoms with E-state index in [9.17, 15) is 9.59 Å². The number of para-hydroxylation sites is 2. The van der Waals surface area contributed by atoms with Crippen molar-refractivity contribution in [1.29, 1.82) is 0 Å². The highest BCUT2D eigenvalue weighted by Crippen LogP contribution is 2.24. The molecule has 1 fully saturated rings. The second kappa shape index (κ2) is 8.52. The van der Waals surface area contributed by atoms with Crippen LogP contribution in [0, 0.1) is 6.92 Å². The highest BCUT2D eigenvalue weighted by atomic mass is 16.2. The van der Waals surface area contributed by atoms with Crippen LogP contribution in [0.15, 0.2) is 24.3 Å². The van der Waals surface area contributed by atoms with Crippen molar-refractivity contribution in [3.63, 3.8) is 0 Å². The van der Waals surface area contributed by atoms with Crippen LogP contribution >= 0.6 is 0 Å². The number of aryl methyl sites for hydroxylation is 2. The van der Waals surface area contributed by atoms with Crippen molar-refractivity contribution in [3.8, 4) is 0 Å². The van der Waals surface area contributed by atoms with Crippen molar-refractivity contribution in [2.75, 3.05) is 20.6 Å². The van der Waals surface area contributed by atoms with E-state index in [-0.39, 0.29) is 17.9 Å². The first kappa shape index (κ1) is 19.4. The molecule has 0 aliphatic carbocycles. The highest BCUT2D eigenvalue weighted by molar-refractivity contribution is 5.78. The number of likely N-dealkylation sites (tertiary alicyclic amines) is 1. The van der Waals surface area contributed by atoms with Gasteiger partial charge >= 0.3 is 0 Å². The first-order valence-corrected chi connectivity index (χ1v) is 9.60. The topological polar surface area (TPSA) is 79.3 Å². The largest absolute Gasteiger partial charge is 0.359 e. The van der Waals surface area contributed by atoms with Crippen molar-refractivity contribution < 1.29 is 9.59 Å². The Morgan fingerprint density at radius 2 is 1.93 bits per heavy atom. The number of carbonyl (C=O) groups excluding carboxylic acids is 2. The van der Waals surface area contributed by atoms with Gasteiger partial charge in [0.25, 0.3) is 0 Å². The van der Waals surface area contributed by atoms with Crippen LogP contribution in [0.3, 0.4) is 0 Å². The van der Waals surface area contributed by atoms with Crippen LogP contribution in [-0.2, 0) is 16.1 Å². The van der Waals surface area contributed by atoms with Gasteiger partial charge in [-0.25, -0.2) is 4.98 Å². The maximum Gasteiger partial charge on any atom is 0.221 e. The molecule has 2 aromatic rings. The fourth-order valence-corrected chi connectivity index (χ4v) is 3.91. The number of aromatic nitrogens is 2. The minimum Gasteiger partial charge on any atom is -0.359 e. The molecule has 3 rings (SSSR count). The molecule has 1 aliphatic rings. The zero-order chi connectivity index (χ0) is 19.4. The summed E-state index contributed by atoms with van der Waals surface area (Å²) in [6.45, 7) is 3.22. The summed E-state index contributed by atoms with van der Waals surface area (Å²) in [6, 6.07) is 8.54. The van der Waals surface area contributed by atoms with Crippen molar-refractivity contribution in [1.82, 2.24) is 25.1 Å². The normalized spacial score (nSPS) is 20.1. The quantitative estimate of drug-likeness (QED) is 0.772. The van der Waals surface area contributed by atoms with Gasteiger partial charge in [-0.15, -0.1) is 0 Å². The third-order valence-corrected chi connectivity index (χ3v) is 5.63. The summed E-state index contributed by atoms with van der Waals surface area (Å²) in [5.41, 5.74) is 2.03. The Labute approximate surface area is 160 Å². The lowest BCUT2D eigenvalue weighted by Gasteiger charge is -2.25. The van der Waals surface area contributed by atoms with Crippen LogP contribution in [0.5, 0.6) is 0 Å². The molecular formula is C20H29N5O2. The van der Waals surface area contributed by atoms with Crippen LogP contribution < -0.4 is 10.6 Å². The third kappa shape index (κ3) is 4.47. The Kier molecular flexibility index (Phi) is 6.11. The van der Waals surface area contributed by atoms with Crippen LogP contribution in [0.4, 0.5) is 0 Å². The molecule has 27 heavy (non-hydrogen) atoms. The molecule has 146 valence electrons. The lowest BCUT2D eigenvalue weighted by molar-refractivity contribution is -0.122. The molecule has 7 heteroatoms. The number of amides is 2. The van der Waals surface area contributed by atoms with Gasteiger partial charge in [-0.05, 0) is 38.9 Å². The van der Waals surface area contributed by atoms with E-state index in [0.29, 0.717) is 32.0 Å². The second-order valence-corrected chi connectivity index (χ2v) is 7.28. The van der Waals surface area contributed by atoms with Gasteiger partial charge in [0.1, 0.15) is 5.82 Å². The van der Waals surface area contributed by atoms with Gasteiger partial charge in [-0.3, -0.25) is 14.5 Å². The van der Waals surface area contributed by atoms with Crippen molar-refractivity contribution >= 4 is 22.8 Å². The number of carbonyl (C=O) groups is 2. The Hall–Kier alpha value is -2.41. The maximum absolute atomic E-state index is 12.3. The standard InChI is InChI=1S/C20H29N5O2/c1-14-23-17-6-4-5-7-18(17)25(14)11-10-19(26)22-13-16-9-8-15(24(16)3)12-20(27)21-2/h4-7,15-16H,8-13H2,1-3H3,(H,21,27)(H,22,26)/t15-,16+/m1/s1. The van der Waals surface area contributed by atoms with Gasteiger partial charge < -0.3 is 15.2 Å². The molecule has 1 aromatic carbocycles. The van der Waals surface area contributed by atoms with Crippen LogP contribution in [0.2, 0.25) is 0 Å². The molecule has 2 atom stereocenters. The Morgan fingerprint density at radius 1 is 1.19 bits per heavy atom. The Balaban J connectivity index is 1.47. The van der Waals surface area contributed by atoms with Crippen molar-refractivity contribution in [2.45, 2.75) is 51.2 Å². The summed E-state index contributed by atoms with van der Waals surface area (Å²) in [7, 11) is 3.71. The van der Waals surface area contributed by atoms with Gasteiger partial charge in [-0.1, -0.05) is 12.1 Å². The molecule has 1 aromatic heterocycles. The zero-order valence-corrected chi connectivity index (χ0v) is 16.4. The second-order valence-electron chi connectivity index (χ2n) is 7.28. The van der Waals surface area contributed by atoms with E-state index in [1.807, 2.05) is 38.2 Å². The Morgan fingerprint density at radius 3 is 2.70 bits per heavy atom. The van der Waals surface area contributed by atoms with E-state index in [4.69, 9.17) is 0 Å². The summed E-state index contributed by atoms with van der Waals surface area (Å²) in [5, 5.41) is 5.74. The van der Waals surface area contributed by atoms with Gasteiger partial charge in [-0.2, -0.15) is 0 Å². The molecule has 2 N–H and O–H groups in total. The minimum absolute atomic E-state index is 0.0512. The molecule has 0 radical (unpaired) electrons. The van der Waals surface area contributed by atoms with E-state index in [2.05, 4.69) is 25.1 Å². The summed E-state index contributed by atoms with van der Waals surface area (Å²) < 4.78 is 2.09. The lowest BCUT2D eigenvalue weighted by Crippen LogP contribution is -2.42. The van der Waals surface area contributed by atoms with Crippen LogP contribution in [-0.4, -0.2) is 59.0 Å². The van der Waals surface area contributed by atoms with Gasteiger partial charge in [0.2, 0.25) is 11.8 Å². The molecule has 1 aliphatic heterocycles. The summed E-state index contributed by atoms with van der Waals surface area (Å²) >= 11 is 0. The number of imidazole rings is 1. The molecule has 7 nitrogen and oxygen atoms in total. The van der Waals surface area contributed by atoms with Gasteiger partial charge in [0.15, 0.2) is 0 Å². The van der Waals surface area contributed by atoms with Crippen LogP contribution in [0.25, 0.3) is 11.0 Å². The number of nitrogens with one attached hydrogen (secondary N) is 2. The molecule has 1 saturated heterocycles. The molecule has 0 saturated carbocycles. The number of likely N-dealkylation sites (N-methyl/N-ethyl adjacent to an activating group) is 1. The molecule has 0 bridgehead atoms. The van der Waals surface area contributed by atoms with E-state index >= 15 is 0 Å². The van der Waals surface area contributed by atoms with Crippen LogP contribution in [0.1, 0.15) is 31.5 Å². The minimum atomic E-state index is 0.0512. The number of hydrogen-bond acceptors (Lipinski definition) is 4. The average molecular weight is 371 g/mol. The number of benzene rings is 1. The van der Waals surface area contributed by atoms with Gasteiger partial charge in [0, 0.05) is 45.1 Å². The van der Waals surface area contributed by atoms with Gasteiger partial charge in [0.05, 0.1) is 11.0 Å². The fourth-order valence-electron chi connectivity index (χ4n) is 3.91. The molecule has 0 unspecified atom stereocenters. The SMILES string of the molecule is CNC(=O)C[C@H]1CC[C@@H](CNC(=O)CCn2c(C)nc3ccccc32)N1C. The molecule has 2 heterocycles. The van der Waals surface area contributed by atoms with E-state index in [1.165, 1.54) is 0 Å². The summed E-state index contributed by atoms with van der Waals surface area (Å²) in [4.78, 5) is 30.7. The van der Waals surface area contributed by atoms with E-state index < -0.39 is 0 Å². The predicted molar refractivity (Wildman–Crippen MR) is 105 cm³/mol. The number of rotatable bonds is 7. The summed E-state index contributed by atoms with van der Waals surface area (Å²) in [5.74, 6) is 1.05. The first-order chi connectivity index (χ1) is 13.0. The highest BCUT2D eigenvalue weighted by Gasteiger charge is 2.31. The monoisotopic (exact) mass is 371 g/mol. The first-order valence-electron chi connectivity index (χ1n) is 9.60. The number of fused-ring (bicyclic) bond motifs is 1. The van der Waals surface area contributed by atoms with E-state index in [1.54, 1.807) is 7.05 Å². The van der Waals surface area contributed by atoms with Crippen molar-refractivity contribution in [2.24, 2.45) is 0 Å². The summed E-state index contributed by atoms with van der Waals surface area (Å²) in [6.07, 6.45) is 2.94.